The van der Waals surface area contributed by atoms with Crippen molar-refractivity contribution in [1.29, 1.82) is 0 Å². The zero-order chi connectivity index (χ0) is 14.6. The van der Waals surface area contributed by atoms with Gasteiger partial charge in [0.25, 0.3) is 0 Å². The molecule has 1 aliphatic rings. The third-order valence-corrected chi connectivity index (χ3v) is 5.06. The van der Waals surface area contributed by atoms with E-state index in [1.165, 1.54) is 18.6 Å². The van der Waals surface area contributed by atoms with Crippen molar-refractivity contribution in [2.24, 2.45) is 0 Å². The first-order chi connectivity index (χ1) is 9.61. The van der Waals surface area contributed by atoms with Gasteiger partial charge in [0.1, 0.15) is 5.82 Å². The van der Waals surface area contributed by atoms with E-state index in [0.717, 1.165) is 42.3 Å². The molecule has 0 saturated heterocycles. The summed E-state index contributed by atoms with van der Waals surface area (Å²) in [7, 11) is 1.81. The molecular weight excluding hydrogens is 321 g/mol. The highest BCUT2D eigenvalue weighted by Gasteiger charge is 2.44. The Labute approximate surface area is 129 Å². The Morgan fingerprint density at radius 2 is 2.20 bits per heavy atom. The van der Waals surface area contributed by atoms with E-state index in [-0.39, 0.29) is 17.5 Å². The number of rotatable bonds is 7. The molecule has 4 heteroatoms. The van der Waals surface area contributed by atoms with Crippen molar-refractivity contribution in [3.63, 3.8) is 0 Å². The van der Waals surface area contributed by atoms with E-state index in [4.69, 9.17) is 4.74 Å². The molecule has 0 amide bonds. The summed E-state index contributed by atoms with van der Waals surface area (Å²) in [6.07, 6.45) is 5.38. The lowest BCUT2D eigenvalue weighted by atomic mass is 9.72. The second-order valence-corrected chi connectivity index (χ2v) is 6.42. The predicted octanol–water partition coefficient (Wildman–Crippen LogP) is 4.07. The van der Waals surface area contributed by atoms with E-state index in [0.29, 0.717) is 0 Å². The summed E-state index contributed by atoms with van der Waals surface area (Å²) in [5.74, 6) is -0.205. The van der Waals surface area contributed by atoms with Crippen molar-refractivity contribution in [3.05, 3.63) is 34.1 Å². The molecular formula is C16H23BrFNO. The molecule has 0 aliphatic heterocycles. The zero-order valence-electron chi connectivity index (χ0n) is 12.2. The Bertz CT molecular complexity index is 443. The third kappa shape index (κ3) is 3.41. The normalized spacial score (nSPS) is 18.6. The molecule has 20 heavy (non-hydrogen) atoms. The molecule has 1 atom stereocenters. The summed E-state index contributed by atoms with van der Waals surface area (Å²) >= 11 is 3.46. The van der Waals surface area contributed by atoms with Gasteiger partial charge in [-0.05, 0) is 56.3 Å². The van der Waals surface area contributed by atoms with Crippen LogP contribution in [0.3, 0.4) is 0 Å². The van der Waals surface area contributed by atoms with Crippen LogP contribution in [0.15, 0.2) is 22.7 Å². The van der Waals surface area contributed by atoms with Crippen LogP contribution in [-0.4, -0.2) is 25.3 Å². The Hall–Kier alpha value is -0.450. The average Bonchev–Trinajstić information content (AvgIpc) is 2.37. The molecule has 1 aromatic rings. The van der Waals surface area contributed by atoms with E-state index in [2.05, 4.69) is 28.2 Å². The van der Waals surface area contributed by atoms with Gasteiger partial charge < -0.3 is 10.1 Å². The SMILES string of the molecule is CCCNC(Cc1ccc(F)cc1Br)C1(OC)CCC1. The van der Waals surface area contributed by atoms with Gasteiger partial charge in [-0.15, -0.1) is 0 Å². The van der Waals surface area contributed by atoms with Crippen molar-refractivity contribution < 1.29 is 9.13 Å². The number of halogens is 2. The summed E-state index contributed by atoms with van der Waals surface area (Å²) in [6.45, 7) is 3.15. The van der Waals surface area contributed by atoms with Gasteiger partial charge in [0.05, 0.1) is 5.60 Å². The third-order valence-electron chi connectivity index (χ3n) is 4.32. The number of ether oxygens (including phenoxy) is 1. The van der Waals surface area contributed by atoms with Crippen LogP contribution in [0, 0.1) is 5.82 Å². The Morgan fingerprint density at radius 1 is 1.45 bits per heavy atom. The monoisotopic (exact) mass is 343 g/mol. The summed E-state index contributed by atoms with van der Waals surface area (Å²) < 4.78 is 19.9. The largest absolute Gasteiger partial charge is 0.377 e. The van der Waals surface area contributed by atoms with Crippen LogP contribution in [0.1, 0.15) is 38.2 Å². The van der Waals surface area contributed by atoms with Gasteiger partial charge in [0.2, 0.25) is 0 Å². The predicted molar refractivity (Wildman–Crippen MR) is 83.5 cm³/mol. The van der Waals surface area contributed by atoms with Crippen LogP contribution in [0.25, 0.3) is 0 Å². The van der Waals surface area contributed by atoms with Crippen molar-refractivity contribution in [2.45, 2.75) is 50.7 Å². The van der Waals surface area contributed by atoms with E-state index in [9.17, 15) is 4.39 Å². The molecule has 2 rings (SSSR count). The minimum absolute atomic E-state index is 0.0526. The summed E-state index contributed by atoms with van der Waals surface area (Å²) in [4.78, 5) is 0. The number of hydrogen-bond acceptors (Lipinski definition) is 2. The molecule has 0 aromatic heterocycles. The van der Waals surface area contributed by atoms with Crippen LogP contribution in [0.5, 0.6) is 0 Å². The van der Waals surface area contributed by atoms with Crippen molar-refractivity contribution in [3.8, 4) is 0 Å². The number of hydrogen-bond donors (Lipinski definition) is 1. The highest BCUT2D eigenvalue weighted by atomic mass is 79.9. The lowest BCUT2D eigenvalue weighted by Gasteiger charge is -2.47. The van der Waals surface area contributed by atoms with Crippen molar-refractivity contribution in [1.82, 2.24) is 5.32 Å². The van der Waals surface area contributed by atoms with Gasteiger partial charge in [0, 0.05) is 17.6 Å². The van der Waals surface area contributed by atoms with Gasteiger partial charge in [0.15, 0.2) is 0 Å². The highest BCUT2D eigenvalue weighted by molar-refractivity contribution is 9.10. The molecule has 1 unspecified atom stereocenters. The smallest absolute Gasteiger partial charge is 0.124 e. The van der Waals surface area contributed by atoms with E-state index < -0.39 is 0 Å². The van der Waals surface area contributed by atoms with Gasteiger partial charge >= 0.3 is 0 Å². The summed E-state index contributed by atoms with van der Waals surface area (Å²) in [5.41, 5.74) is 1.08. The Kier molecular flexibility index (Phi) is 5.58. The number of benzene rings is 1. The number of nitrogens with one attached hydrogen (secondary N) is 1. The highest BCUT2D eigenvalue weighted by Crippen LogP contribution is 2.39. The zero-order valence-corrected chi connectivity index (χ0v) is 13.8. The fourth-order valence-electron chi connectivity index (χ4n) is 2.89. The first-order valence-corrected chi connectivity index (χ1v) is 8.13. The molecule has 0 bridgehead atoms. The van der Waals surface area contributed by atoms with E-state index >= 15 is 0 Å². The van der Waals surface area contributed by atoms with Crippen LogP contribution in [0.4, 0.5) is 4.39 Å². The first-order valence-electron chi connectivity index (χ1n) is 7.34. The summed E-state index contributed by atoms with van der Waals surface area (Å²) in [5, 5.41) is 3.61. The van der Waals surface area contributed by atoms with Crippen LogP contribution < -0.4 is 5.32 Å². The van der Waals surface area contributed by atoms with Crippen LogP contribution >= 0.6 is 15.9 Å². The standard InChI is InChI=1S/C16H23BrFNO/c1-3-9-19-15(16(20-2)7-4-8-16)10-12-5-6-13(18)11-14(12)17/h5-6,11,15,19H,3-4,7-10H2,1-2H3. The first kappa shape index (κ1) is 15.9. The van der Waals surface area contributed by atoms with Gasteiger partial charge in [-0.1, -0.05) is 28.9 Å². The lowest BCUT2D eigenvalue weighted by molar-refractivity contribution is -0.0980. The molecule has 0 radical (unpaired) electrons. The van der Waals surface area contributed by atoms with Gasteiger partial charge in [-0.25, -0.2) is 4.39 Å². The van der Waals surface area contributed by atoms with Gasteiger partial charge in [-0.3, -0.25) is 0 Å². The lowest BCUT2D eigenvalue weighted by Crippen LogP contribution is -2.57. The molecule has 1 saturated carbocycles. The average molecular weight is 344 g/mol. The fraction of sp³-hybridized carbons (Fsp3) is 0.625. The Balaban J connectivity index is 2.14. The molecule has 1 fully saturated rings. The quantitative estimate of drug-likeness (QED) is 0.805. The second-order valence-electron chi connectivity index (χ2n) is 5.57. The second kappa shape index (κ2) is 7.01. The topological polar surface area (TPSA) is 21.3 Å². The molecule has 2 nitrogen and oxygen atoms in total. The summed E-state index contributed by atoms with van der Waals surface area (Å²) in [6, 6.07) is 5.20. The van der Waals surface area contributed by atoms with Gasteiger partial charge in [-0.2, -0.15) is 0 Å². The Morgan fingerprint density at radius 3 is 2.70 bits per heavy atom. The molecule has 1 aliphatic carbocycles. The minimum atomic E-state index is -0.205. The molecule has 112 valence electrons. The maximum atomic E-state index is 13.2. The fourth-order valence-corrected chi connectivity index (χ4v) is 3.40. The molecule has 1 N–H and O–H groups in total. The molecule has 0 spiro atoms. The maximum Gasteiger partial charge on any atom is 0.124 e. The maximum absolute atomic E-state index is 13.2. The van der Waals surface area contributed by atoms with Crippen molar-refractivity contribution >= 4 is 15.9 Å². The van der Waals surface area contributed by atoms with E-state index in [1.807, 2.05) is 6.07 Å². The minimum Gasteiger partial charge on any atom is -0.377 e. The van der Waals surface area contributed by atoms with E-state index in [1.54, 1.807) is 7.11 Å². The van der Waals surface area contributed by atoms with Crippen LogP contribution in [0.2, 0.25) is 0 Å². The molecule has 0 heterocycles. The molecule has 1 aromatic carbocycles. The van der Waals surface area contributed by atoms with Crippen LogP contribution in [-0.2, 0) is 11.2 Å². The number of methoxy groups -OCH3 is 1. The van der Waals surface area contributed by atoms with Crippen molar-refractivity contribution in [2.75, 3.05) is 13.7 Å².